The molecule has 0 saturated heterocycles. The molecule has 0 saturated carbocycles. The molecule has 1 amide bonds. The standard InChI is InChI=1S/C28H28N2O3/c1-19(14-15-20-8-3-2-4-9-20)30-27(31)16-23(22-11-7-13-26-28(22)33-18-32-26)24-17-29-25-12-6-5-10-21(24)25/h2-13,17,19,23,29H,14-16,18H2,1H3,(H,30,31)/t19-,23+/m0/s1. The van der Waals surface area contributed by atoms with Gasteiger partial charge in [-0.1, -0.05) is 60.7 Å². The van der Waals surface area contributed by atoms with E-state index in [-0.39, 0.29) is 24.7 Å². The number of para-hydroxylation sites is 2. The summed E-state index contributed by atoms with van der Waals surface area (Å²) in [5.74, 6) is 1.34. The highest BCUT2D eigenvalue weighted by Crippen LogP contribution is 2.44. The minimum Gasteiger partial charge on any atom is -0.454 e. The number of hydrogen-bond acceptors (Lipinski definition) is 3. The number of aromatic nitrogens is 1. The highest BCUT2D eigenvalue weighted by Gasteiger charge is 2.28. The van der Waals surface area contributed by atoms with Crippen LogP contribution in [0.3, 0.4) is 0 Å². The van der Waals surface area contributed by atoms with E-state index in [2.05, 4.69) is 53.6 Å². The maximum atomic E-state index is 13.2. The highest BCUT2D eigenvalue weighted by atomic mass is 16.7. The van der Waals surface area contributed by atoms with Crippen molar-refractivity contribution in [2.24, 2.45) is 0 Å². The molecule has 168 valence electrons. The monoisotopic (exact) mass is 440 g/mol. The molecule has 2 N–H and O–H groups in total. The molecule has 0 radical (unpaired) electrons. The lowest BCUT2D eigenvalue weighted by Crippen LogP contribution is -2.33. The number of rotatable bonds is 8. The third-order valence-corrected chi connectivity index (χ3v) is 6.30. The first kappa shape index (κ1) is 21.1. The van der Waals surface area contributed by atoms with E-state index < -0.39 is 0 Å². The summed E-state index contributed by atoms with van der Waals surface area (Å²) in [4.78, 5) is 16.5. The van der Waals surface area contributed by atoms with E-state index in [1.54, 1.807) is 0 Å². The second-order valence-electron chi connectivity index (χ2n) is 8.62. The Balaban J connectivity index is 1.37. The summed E-state index contributed by atoms with van der Waals surface area (Å²) in [6.07, 6.45) is 4.17. The third-order valence-electron chi connectivity index (χ3n) is 6.30. The molecule has 5 rings (SSSR count). The van der Waals surface area contributed by atoms with Gasteiger partial charge in [-0.15, -0.1) is 0 Å². The van der Waals surface area contributed by atoms with Crippen molar-refractivity contribution in [3.63, 3.8) is 0 Å². The van der Waals surface area contributed by atoms with E-state index in [1.165, 1.54) is 5.56 Å². The zero-order chi connectivity index (χ0) is 22.6. The van der Waals surface area contributed by atoms with Gasteiger partial charge >= 0.3 is 0 Å². The summed E-state index contributed by atoms with van der Waals surface area (Å²) < 4.78 is 11.4. The second kappa shape index (κ2) is 9.41. The van der Waals surface area contributed by atoms with Crippen molar-refractivity contribution in [2.75, 3.05) is 6.79 Å². The molecule has 0 unspecified atom stereocenters. The van der Waals surface area contributed by atoms with Crippen molar-refractivity contribution in [3.05, 3.63) is 95.7 Å². The van der Waals surface area contributed by atoms with Gasteiger partial charge in [-0.05, 0) is 43.0 Å². The molecule has 0 fully saturated rings. The molecular formula is C28H28N2O3. The van der Waals surface area contributed by atoms with Crippen LogP contribution in [0.5, 0.6) is 11.5 Å². The number of hydrogen-bond donors (Lipinski definition) is 2. The van der Waals surface area contributed by atoms with Crippen molar-refractivity contribution in [2.45, 2.75) is 38.1 Å². The van der Waals surface area contributed by atoms with Crippen molar-refractivity contribution in [1.82, 2.24) is 10.3 Å². The zero-order valence-electron chi connectivity index (χ0n) is 18.7. The first-order valence-electron chi connectivity index (χ1n) is 11.5. The van der Waals surface area contributed by atoms with E-state index in [0.717, 1.165) is 46.4 Å². The fourth-order valence-electron chi connectivity index (χ4n) is 4.62. The summed E-state index contributed by atoms with van der Waals surface area (Å²) in [5.41, 5.74) is 4.40. The normalized spacial score (nSPS) is 14.2. The lowest BCUT2D eigenvalue weighted by Gasteiger charge is -2.20. The van der Waals surface area contributed by atoms with E-state index in [0.29, 0.717) is 6.42 Å². The number of carbonyl (C=O) groups excluding carboxylic acids is 1. The van der Waals surface area contributed by atoms with Gasteiger partial charge in [0.05, 0.1) is 0 Å². The lowest BCUT2D eigenvalue weighted by atomic mass is 9.87. The smallest absolute Gasteiger partial charge is 0.231 e. The summed E-state index contributed by atoms with van der Waals surface area (Å²) in [6, 6.07) is 24.5. The van der Waals surface area contributed by atoms with Gasteiger partial charge in [0, 0.05) is 41.0 Å². The maximum absolute atomic E-state index is 13.2. The molecule has 0 spiro atoms. The Labute approximate surface area is 193 Å². The fourth-order valence-corrected chi connectivity index (χ4v) is 4.62. The number of aromatic amines is 1. The third kappa shape index (κ3) is 4.58. The Morgan fingerprint density at radius 2 is 1.79 bits per heavy atom. The second-order valence-corrected chi connectivity index (χ2v) is 8.62. The molecule has 33 heavy (non-hydrogen) atoms. The molecule has 1 aliphatic rings. The Morgan fingerprint density at radius 1 is 0.970 bits per heavy atom. The molecule has 5 heteroatoms. The number of amides is 1. The molecule has 5 nitrogen and oxygen atoms in total. The van der Waals surface area contributed by atoms with E-state index in [1.807, 2.05) is 42.6 Å². The van der Waals surface area contributed by atoms with Gasteiger partial charge in [0.15, 0.2) is 11.5 Å². The highest BCUT2D eigenvalue weighted by molar-refractivity contribution is 5.86. The number of H-pyrrole nitrogens is 1. The van der Waals surface area contributed by atoms with Crippen LogP contribution in [0.2, 0.25) is 0 Å². The Morgan fingerprint density at radius 3 is 2.67 bits per heavy atom. The van der Waals surface area contributed by atoms with E-state index in [4.69, 9.17) is 9.47 Å². The maximum Gasteiger partial charge on any atom is 0.231 e. The Bertz CT molecular complexity index is 1250. The van der Waals surface area contributed by atoms with Crippen molar-refractivity contribution >= 4 is 16.8 Å². The molecule has 2 heterocycles. The summed E-state index contributed by atoms with van der Waals surface area (Å²) in [5, 5.41) is 4.32. The summed E-state index contributed by atoms with van der Waals surface area (Å²) >= 11 is 0. The topological polar surface area (TPSA) is 63.4 Å². The minimum atomic E-state index is -0.154. The van der Waals surface area contributed by atoms with Crippen LogP contribution >= 0.6 is 0 Å². The number of carbonyl (C=O) groups is 1. The molecule has 4 aromatic rings. The van der Waals surface area contributed by atoms with Crippen LogP contribution < -0.4 is 14.8 Å². The van der Waals surface area contributed by atoms with Crippen LogP contribution in [0, 0.1) is 0 Å². The number of nitrogens with one attached hydrogen (secondary N) is 2. The van der Waals surface area contributed by atoms with Crippen LogP contribution in [0.25, 0.3) is 10.9 Å². The van der Waals surface area contributed by atoms with Crippen LogP contribution in [-0.4, -0.2) is 23.7 Å². The number of aryl methyl sites for hydroxylation is 1. The molecule has 2 atom stereocenters. The SMILES string of the molecule is C[C@@H](CCc1ccccc1)NC(=O)C[C@H](c1cccc2c1OCO2)c1c[nH]c2ccccc12. The molecule has 0 bridgehead atoms. The Hall–Kier alpha value is -3.73. The van der Waals surface area contributed by atoms with E-state index >= 15 is 0 Å². The Kier molecular flexibility index (Phi) is 6.03. The predicted molar refractivity (Wildman–Crippen MR) is 130 cm³/mol. The number of ether oxygens (including phenoxy) is 2. The summed E-state index contributed by atoms with van der Waals surface area (Å²) in [7, 11) is 0. The van der Waals surface area contributed by atoms with Gasteiger partial charge in [-0.3, -0.25) is 4.79 Å². The van der Waals surface area contributed by atoms with Crippen LogP contribution in [0.1, 0.15) is 42.4 Å². The predicted octanol–water partition coefficient (Wildman–Crippen LogP) is 5.56. The molecule has 3 aromatic carbocycles. The van der Waals surface area contributed by atoms with E-state index in [9.17, 15) is 4.79 Å². The summed E-state index contributed by atoms with van der Waals surface area (Å²) in [6.45, 7) is 2.27. The van der Waals surface area contributed by atoms with Gasteiger partial charge < -0.3 is 19.8 Å². The van der Waals surface area contributed by atoms with Gasteiger partial charge in [-0.2, -0.15) is 0 Å². The quantitative estimate of drug-likeness (QED) is 0.377. The largest absolute Gasteiger partial charge is 0.454 e. The molecule has 0 aliphatic carbocycles. The first-order chi connectivity index (χ1) is 16.2. The molecule has 1 aliphatic heterocycles. The zero-order valence-corrected chi connectivity index (χ0v) is 18.7. The van der Waals surface area contributed by atoms with Gasteiger partial charge in [0.2, 0.25) is 12.7 Å². The first-order valence-corrected chi connectivity index (χ1v) is 11.5. The number of benzene rings is 3. The average Bonchev–Trinajstić information content (AvgIpc) is 3.49. The average molecular weight is 441 g/mol. The minimum absolute atomic E-state index is 0.0300. The molecule has 1 aromatic heterocycles. The van der Waals surface area contributed by atoms with Gasteiger partial charge in [0.1, 0.15) is 0 Å². The van der Waals surface area contributed by atoms with Crippen LogP contribution in [-0.2, 0) is 11.2 Å². The van der Waals surface area contributed by atoms with Gasteiger partial charge in [-0.25, -0.2) is 0 Å². The van der Waals surface area contributed by atoms with Crippen LogP contribution in [0.15, 0.2) is 79.0 Å². The number of fused-ring (bicyclic) bond motifs is 2. The van der Waals surface area contributed by atoms with Gasteiger partial charge in [0.25, 0.3) is 0 Å². The van der Waals surface area contributed by atoms with Crippen molar-refractivity contribution < 1.29 is 14.3 Å². The lowest BCUT2D eigenvalue weighted by molar-refractivity contribution is -0.121. The molecular weight excluding hydrogens is 412 g/mol. The van der Waals surface area contributed by atoms with Crippen molar-refractivity contribution in [1.29, 1.82) is 0 Å². The van der Waals surface area contributed by atoms with Crippen molar-refractivity contribution in [3.8, 4) is 11.5 Å². The van der Waals surface area contributed by atoms with Crippen LogP contribution in [0.4, 0.5) is 0 Å². The fraction of sp³-hybridized carbons (Fsp3) is 0.250.